The second kappa shape index (κ2) is 33.4. The highest BCUT2D eigenvalue weighted by atomic mass is 32.2. The van der Waals surface area contributed by atoms with E-state index in [1.165, 1.54) is 11.8 Å². The van der Waals surface area contributed by atoms with Gasteiger partial charge in [0.05, 0.1) is 6.04 Å². The van der Waals surface area contributed by atoms with Crippen molar-refractivity contribution >= 4 is 71.0 Å². The lowest BCUT2D eigenvalue weighted by molar-refractivity contribution is -0.143. The van der Waals surface area contributed by atoms with Crippen LogP contribution in [0, 0.1) is 29.6 Å². The predicted octanol–water partition coefficient (Wildman–Crippen LogP) is 0.694. The van der Waals surface area contributed by atoms with E-state index in [9.17, 15) is 53.4 Å². The number of nitrogens with two attached hydrogens (primary N) is 3. The fraction of sp³-hybridized carbons (Fsp3) is 0.783. The van der Waals surface area contributed by atoms with Crippen molar-refractivity contribution in [2.75, 3.05) is 18.6 Å². The minimum atomic E-state index is -1.36. The molecule has 15 N–H and O–H groups in total. The molecule has 0 radical (unpaired) electrons. The first-order valence-corrected chi connectivity index (χ1v) is 25.4. The average molecular weight is 1000 g/mol. The molecule has 9 atom stereocenters. The summed E-state index contributed by atoms with van der Waals surface area (Å²) < 4.78 is 0. The number of amides is 7. The molecule has 396 valence electrons. The number of nitrogens with one attached hydrogen (secondary N) is 7. The Morgan fingerprint density at radius 2 is 0.899 bits per heavy atom. The highest BCUT2D eigenvalue weighted by Gasteiger charge is 2.36. The lowest BCUT2D eigenvalue weighted by atomic mass is 9.95. The normalized spacial score (nSPS) is 15.3. The van der Waals surface area contributed by atoms with Crippen LogP contribution < -0.4 is 54.4 Å². The summed E-state index contributed by atoms with van der Waals surface area (Å²) >= 11 is 1.47. The highest BCUT2D eigenvalue weighted by Crippen LogP contribution is 2.15. The first-order valence-electron chi connectivity index (χ1n) is 24.0. The Morgan fingerprint density at radius 1 is 0.522 bits per heavy atom. The zero-order chi connectivity index (χ0) is 53.1. The summed E-state index contributed by atoms with van der Waals surface area (Å²) in [5.74, 6) is -8.17. The van der Waals surface area contributed by atoms with E-state index in [-0.39, 0.29) is 81.1 Å². The van der Waals surface area contributed by atoms with Gasteiger partial charge in [0.1, 0.15) is 42.3 Å². The standard InChI is InChI=1S/C46H85N11O11S/c1-12-28(10)37(44(66)55-34(22-26(6)7)42(64)54-33(21-25(4)5)43(65)56-35(45(67)68)23-27(8)9)57-40(62)30(14-13-18-50-46(48)49)52-41(63)32(20-24(2)3)53-39(61)31(15-16-36(58)59)51-38(60)29(47)17-19-69-11/h24-35,37H,12-23,47H2,1-11H3,(H,51,60)(H,52,63)(H,53,61)(H,54,64)(H,55,66)(H,56,65)(H,57,62)(H,58,59)(H,67,68)(H4,48,49,50)/t28-,29-,30-,31-,32-,33-,34-,35-,37-/m0/s1. The number of carbonyl (C=O) groups is 9. The number of guanidine groups is 1. The van der Waals surface area contributed by atoms with Crippen molar-refractivity contribution in [3.63, 3.8) is 0 Å². The molecule has 0 aliphatic rings. The van der Waals surface area contributed by atoms with Crippen molar-refractivity contribution in [3.05, 3.63) is 0 Å². The van der Waals surface area contributed by atoms with Gasteiger partial charge < -0.3 is 64.6 Å². The van der Waals surface area contributed by atoms with Crippen LogP contribution in [0.2, 0.25) is 0 Å². The van der Waals surface area contributed by atoms with E-state index in [1.807, 2.05) is 47.8 Å². The van der Waals surface area contributed by atoms with Gasteiger partial charge >= 0.3 is 11.9 Å². The molecule has 0 unspecified atom stereocenters. The van der Waals surface area contributed by atoms with Crippen molar-refractivity contribution in [1.82, 2.24) is 37.2 Å². The zero-order valence-corrected chi connectivity index (χ0v) is 43.5. The molecule has 0 bridgehead atoms. The molecule has 0 aromatic rings. The van der Waals surface area contributed by atoms with Crippen LogP contribution in [-0.4, -0.2) is 136 Å². The fourth-order valence-corrected chi connectivity index (χ4v) is 7.56. The number of hydrogen-bond donors (Lipinski definition) is 12. The number of carboxylic acids is 2. The summed E-state index contributed by atoms with van der Waals surface area (Å²) in [7, 11) is 0. The number of thioether (sulfide) groups is 1. The van der Waals surface area contributed by atoms with E-state index in [1.54, 1.807) is 27.7 Å². The van der Waals surface area contributed by atoms with Crippen molar-refractivity contribution < 1.29 is 53.4 Å². The molecular weight excluding hydrogens is 915 g/mol. The molecule has 69 heavy (non-hydrogen) atoms. The van der Waals surface area contributed by atoms with Crippen LogP contribution in [0.15, 0.2) is 4.99 Å². The maximum absolute atomic E-state index is 14.3. The summed E-state index contributed by atoms with van der Waals surface area (Å²) in [6.07, 6.45) is 2.45. The Morgan fingerprint density at radius 3 is 1.30 bits per heavy atom. The predicted molar refractivity (Wildman–Crippen MR) is 266 cm³/mol. The molecule has 0 aliphatic carbocycles. The Hall–Kier alpha value is -5.19. The second-order valence-electron chi connectivity index (χ2n) is 19.4. The molecule has 0 aromatic heterocycles. The molecule has 0 rings (SSSR count). The zero-order valence-electron chi connectivity index (χ0n) is 42.6. The van der Waals surface area contributed by atoms with Crippen LogP contribution in [0.3, 0.4) is 0 Å². The van der Waals surface area contributed by atoms with Gasteiger partial charge in [0.2, 0.25) is 41.4 Å². The van der Waals surface area contributed by atoms with Crippen LogP contribution in [0.5, 0.6) is 0 Å². The molecule has 0 aliphatic heterocycles. The van der Waals surface area contributed by atoms with Crippen LogP contribution in [0.1, 0.15) is 133 Å². The maximum Gasteiger partial charge on any atom is 0.326 e. The van der Waals surface area contributed by atoms with Crippen molar-refractivity contribution in [2.45, 2.75) is 182 Å². The van der Waals surface area contributed by atoms with Crippen LogP contribution in [0.4, 0.5) is 0 Å². The molecule has 22 nitrogen and oxygen atoms in total. The van der Waals surface area contributed by atoms with Crippen LogP contribution in [0.25, 0.3) is 0 Å². The van der Waals surface area contributed by atoms with Crippen LogP contribution >= 0.6 is 11.8 Å². The molecular formula is C46H85N11O11S. The first kappa shape index (κ1) is 63.8. The van der Waals surface area contributed by atoms with E-state index in [4.69, 9.17) is 17.2 Å². The van der Waals surface area contributed by atoms with E-state index in [0.717, 1.165) is 0 Å². The second-order valence-corrected chi connectivity index (χ2v) is 20.4. The van der Waals surface area contributed by atoms with Gasteiger partial charge in [0.15, 0.2) is 5.96 Å². The molecule has 0 spiro atoms. The van der Waals surface area contributed by atoms with E-state index in [0.29, 0.717) is 18.6 Å². The number of nitrogens with zero attached hydrogens (tertiary/aromatic N) is 1. The lowest BCUT2D eigenvalue weighted by Gasteiger charge is -2.30. The number of carboxylic acid groups (broad SMARTS) is 2. The number of aliphatic imine (C=N–C) groups is 1. The van der Waals surface area contributed by atoms with Gasteiger partial charge in [0, 0.05) is 13.0 Å². The summed E-state index contributed by atoms with van der Waals surface area (Å²) in [5.41, 5.74) is 17.0. The average Bonchev–Trinajstić information content (AvgIpc) is 3.24. The van der Waals surface area contributed by atoms with Gasteiger partial charge in [-0.2, -0.15) is 11.8 Å². The summed E-state index contributed by atoms with van der Waals surface area (Å²) in [6.45, 7) is 18.2. The van der Waals surface area contributed by atoms with Gasteiger partial charge in [-0.1, -0.05) is 75.7 Å². The van der Waals surface area contributed by atoms with E-state index < -0.39 is 114 Å². The maximum atomic E-state index is 14.3. The summed E-state index contributed by atoms with van der Waals surface area (Å²) in [4.78, 5) is 124. The minimum Gasteiger partial charge on any atom is -0.481 e. The van der Waals surface area contributed by atoms with Gasteiger partial charge in [-0.3, -0.25) is 43.3 Å². The SMILES string of the molecule is CC[C@H](C)[C@H](NC(=O)[C@H](CCCN=C(N)N)NC(=O)[C@H](CC(C)C)NC(=O)[C@H](CCC(=O)O)NC(=O)[C@@H](N)CCSC)C(=O)N[C@@H](CC(C)C)C(=O)N[C@@H](CC(C)C)C(=O)N[C@@H](CC(C)C)C(=O)O. The smallest absolute Gasteiger partial charge is 0.326 e. The first-order chi connectivity index (χ1) is 32.1. The Kier molecular flexibility index (Phi) is 30.9. The number of carbonyl (C=O) groups excluding carboxylic acids is 7. The molecule has 0 fully saturated rings. The van der Waals surface area contributed by atoms with Gasteiger partial charge in [-0.05, 0) is 93.0 Å². The fourth-order valence-electron chi connectivity index (χ4n) is 7.07. The van der Waals surface area contributed by atoms with Crippen molar-refractivity contribution in [3.8, 4) is 0 Å². The molecule has 7 amide bonds. The Bertz CT molecular complexity index is 1710. The van der Waals surface area contributed by atoms with Crippen molar-refractivity contribution in [1.29, 1.82) is 0 Å². The van der Waals surface area contributed by atoms with E-state index >= 15 is 0 Å². The third-order valence-electron chi connectivity index (χ3n) is 11.0. The van der Waals surface area contributed by atoms with Gasteiger partial charge in [0.25, 0.3) is 0 Å². The quantitative estimate of drug-likeness (QED) is 0.0236. The van der Waals surface area contributed by atoms with Crippen LogP contribution in [-0.2, 0) is 43.2 Å². The Labute approximate surface area is 412 Å². The van der Waals surface area contributed by atoms with Crippen molar-refractivity contribution in [2.24, 2.45) is 51.8 Å². The van der Waals surface area contributed by atoms with Gasteiger partial charge in [-0.25, -0.2) is 4.79 Å². The molecule has 0 aromatic carbocycles. The molecule has 0 saturated carbocycles. The highest BCUT2D eigenvalue weighted by molar-refractivity contribution is 7.98. The van der Waals surface area contributed by atoms with Gasteiger partial charge in [-0.15, -0.1) is 0 Å². The number of aliphatic carboxylic acids is 2. The Balaban J connectivity index is 6.78. The molecule has 23 heteroatoms. The third kappa shape index (κ3) is 27.0. The lowest BCUT2D eigenvalue weighted by Crippen LogP contribution is -2.61. The number of hydrogen-bond acceptors (Lipinski definition) is 12. The third-order valence-corrected chi connectivity index (χ3v) is 11.6. The molecule has 0 saturated heterocycles. The molecule has 0 heterocycles. The van der Waals surface area contributed by atoms with E-state index in [2.05, 4.69) is 42.2 Å². The summed E-state index contributed by atoms with van der Waals surface area (Å²) in [6, 6.07) is -9.64. The topological polar surface area (TPSA) is 369 Å². The largest absolute Gasteiger partial charge is 0.481 e. The number of rotatable bonds is 35. The minimum absolute atomic E-state index is 0.0334. The summed E-state index contributed by atoms with van der Waals surface area (Å²) in [5, 5.41) is 37.8. The monoisotopic (exact) mass is 1000 g/mol.